The first kappa shape index (κ1) is 22.5. The van der Waals surface area contributed by atoms with Crippen LogP contribution in [0.4, 0.5) is 0 Å². The second-order valence-corrected chi connectivity index (χ2v) is 10.5. The molecule has 0 aliphatic carbocycles. The van der Waals surface area contributed by atoms with E-state index in [0.717, 1.165) is 15.6 Å². The molecule has 0 fully saturated rings. The van der Waals surface area contributed by atoms with Crippen LogP contribution in [0.5, 0.6) is 11.6 Å². The molecule has 0 aliphatic heterocycles. The van der Waals surface area contributed by atoms with E-state index in [0.29, 0.717) is 33.4 Å². The van der Waals surface area contributed by atoms with E-state index >= 15 is 0 Å². The van der Waals surface area contributed by atoms with Gasteiger partial charge in [0.05, 0.1) is 34.1 Å². The van der Waals surface area contributed by atoms with Crippen molar-refractivity contribution in [3.8, 4) is 11.6 Å². The van der Waals surface area contributed by atoms with Crippen molar-refractivity contribution in [1.29, 1.82) is 0 Å². The number of hydrogen-bond acceptors (Lipinski definition) is 6. The lowest BCUT2D eigenvalue weighted by molar-refractivity contribution is 0.186. The molecule has 0 saturated heterocycles. The summed E-state index contributed by atoms with van der Waals surface area (Å²) in [6.45, 7) is 2.18. The van der Waals surface area contributed by atoms with Crippen LogP contribution in [-0.4, -0.2) is 29.5 Å². The molecule has 34 heavy (non-hydrogen) atoms. The average molecular weight is 538 g/mol. The zero-order chi connectivity index (χ0) is 23.9. The Kier molecular flexibility index (Phi) is 5.85. The van der Waals surface area contributed by atoms with Gasteiger partial charge in [0.25, 0.3) is 10.0 Å². The van der Waals surface area contributed by atoms with Gasteiger partial charge in [0, 0.05) is 41.0 Å². The number of rotatable bonds is 6. The minimum Gasteiger partial charge on any atom is -0.438 e. The molecule has 0 spiro atoms. The molecule has 0 saturated carbocycles. The molecule has 9 heteroatoms. The predicted octanol–water partition coefficient (Wildman–Crippen LogP) is 5.83. The molecule has 7 nitrogen and oxygen atoms in total. The highest BCUT2D eigenvalue weighted by molar-refractivity contribution is 9.10. The van der Waals surface area contributed by atoms with Crippen molar-refractivity contribution < 1.29 is 17.9 Å². The first-order valence-corrected chi connectivity index (χ1v) is 12.6. The van der Waals surface area contributed by atoms with Crippen LogP contribution in [0.25, 0.3) is 21.8 Å². The Labute approximate surface area is 205 Å². The van der Waals surface area contributed by atoms with E-state index in [1.54, 1.807) is 74.2 Å². The first-order chi connectivity index (χ1) is 16.4. The maximum atomic E-state index is 13.9. The standard InChI is InChI=1S/C25H20BrN3O4S/c1-16-6-9-19(10-7-16)34(30,31)29-20-4-3-5-22(33-23-11-8-18(26)13-28-23)25(20)24-17(15-32-2)12-27-14-21(24)29/h3-14H,15H2,1-2H3. The van der Waals surface area contributed by atoms with Crippen molar-refractivity contribution in [3.05, 3.63) is 88.8 Å². The van der Waals surface area contributed by atoms with Gasteiger partial charge in [0.15, 0.2) is 0 Å². The molecule has 5 rings (SSSR count). The molecule has 3 heterocycles. The summed E-state index contributed by atoms with van der Waals surface area (Å²) < 4.78 is 41.4. The Morgan fingerprint density at radius 3 is 2.44 bits per heavy atom. The van der Waals surface area contributed by atoms with Crippen LogP contribution < -0.4 is 4.74 Å². The Hall–Kier alpha value is -3.27. The summed E-state index contributed by atoms with van der Waals surface area (Å²) in [5.41, 5.74) is 2.66. The van der Waals surface area contributed by atoms with Crippen molar-refractivity contribution >= 4 is 47.8 Å². The normalized spacial score (nSPS) is 11.9. The molecule has 5 aromatic rings. The van der Waals surface area contributed by atoms with Crippen molar-refractivity contribution in [3.63, 3.8) is 0 Å². The van der Waals surface area contributed by atoms with Crippen molar-refractivity contribution in [2.24, 2.45) is 0 Å². The van der Waals surface area contributed by atoms with Crippen LogP contribution in [0.15, 0.2) is 82.6 Å². The van der Waals surface area contributed by atoms with Gasteiger partial charge in [-0.3, -0.25) is 4.98 Å². The minimum absolute atomic E-state index is 0.190. The summed E-state index contributed by atoms with van der Waals surface area (Å²) in [6.07, 6.45) is 4.88. The maximum absolute atomic E-state index is 13.9. The fourth-order valence-corrected chi connectivity index (χ4v) is 5.70. The molecule has 0 radical (unpaired) electrons. The number of aryl methyl sites for hydroxylation is 1. The predicted molar refractivity (Wildman–Crippen MR) is 134 cm³/mol. The van der Waals surface area contributed by atoms with Crippen molar-refractivity contribution in [2.75, 3.05) is 7.11 Å². The molecular weight excluding hydrogens is 518 g/mol. The van der Waals surface area contributed by atoms with Gasteiger partial charge in [-0.05, 0) is 53.2 Å². The molecule has 0 aliphatic rings. The van der Waals surface area contributed by atoms with Gasteiger partial charge < -0.3 is 9.47 Å². The maximum Gasteiger partial charge on any atom is 0.268 e. The van der Waals surface area contributed by atoms with Gasteiger partial charge >= 0.3 is 0 Å². The van der Waals surface area contributed by atoms with E-state index < -0.39 is 10.0 Å². The summed E-state index contributed by atoms with van der Waals surface area (Å²) in [4.78, 5) is 8.80. The smallest absolute Gasteiger partial charge is 0.268 e. The van der Waals surface area contributed by atoms with Gasteiger partial charge in [-0.1, -0.05) is 23.8 Å². The number of fused-ring (bicyclic) bond motifs is 3. The van der Waals surface area contributed by atoms with Gasteiger partial charge in [-0.2, -0.15) is 0 Å². The highest BCUT2D eigenvalue weighted by Gasteiger charge is 2.26. The molecular formula is C25H20BrN3O4S. The fraction of sp³-hybridized carbons (Fsp3) is 0.120. The first-order valence-electron chi connectivity index (χ1n) is 10.4. The van der Waals surface area contributed by atoms with E-state index in [1.165, 1.54) is 3.97 Å². The van der Waals surface area contributed by atoms with Gasteiger partial charge in [0.2, 0.25) is 5.88 Å². The van der Waals surface area contributed by atoms with Crippen molar-refractivity contribution in [2.45, 2.75) is 18.4 Å². The van der Waals surface area contributed by atoms with E-state index in [9.17, 15) is 8.42 Å². The molecule has 0 atom stereocenters. The Bertz CT molecular complexity index is 1610. The molecule has 172 valence electrons. The van der Waals surface area contributed by atoms with Crippen LogP contribution >= 0.6 is 15.9 Å². The third kappa shape index (κ3) is 3.85. The second-order valence-electron chi connectivity index (χ2n) is 7.78. The SMILES string of the molecule is COCc1cncc2c1c1c(Oc3ccc(Br)cn3)cccc1n2S(=O)(=O)c1ccc(C)cc1. The van der Waals surface area contributed by atoms with E-state index in [-0.39, 0.29) is 11.5 Å². The summed E-state index contributed by atoms with van der Waals surface area (Å²) in [6, 6.07) is 15.7. The van der Waals surface area contributed by atoms with E-state index in [1.807, 2.05) is 13.0 Å². The number of nitrogens with zero attached hydrogens (tertiary/aromatic N) is 3. The number of methoxy groups -OCH3 is 1. The Balaban J connectivity index is 1.83. The minimum atomic E-state index is -3.93. The topological polar surface area (TPSA) is 83.3 Å². The molecule has 0 unspecified atom stereocenters. The number of halogens is 1. The molecule has 0 bridgehead atoms. The van der Waals surface area contributed by atoms with Gasteiger partial charge in [-0.15, -0.1) is 0 Å². The van der Waals surface area contributed by atoms with Gasteiger partial charge in [-0.25, -0.2) is 17.4 Å². The highest BCUT2D eigenvalue weighted by Crippen LogP contribution is 2.40. The van der Waals surface area contributed by atoms with Crippen LogP contribution in [0.3, 0.4) is 0 Å². The molecule has 0 N–H and O–H groups in total. The number of pyridine rings is 2. The van der Waals surface area contributed by atoms with Crippen LogP contribution in [0.1, 0.15) is 11.1 Å². The summed E-state index contributed by atoms with van der Waals surface area (Å²) in [5.74, 6) is 0.874. The summed E-state index contributed by atoms with van der Waals surface area (Å²) in [7, 11) is -2.35. The lowest BCUT2D eigenvalue weighted by Gasteiger charge is -2.10. The number of aromatic nitrogens is 3. The average Bonchev–Trinajstić information content (AvgIpc) is 3.18. The van der Waals surface area contributed by atoms with Gasteiger partial charge in [0.1, 0.15) is 5.75 Å². The zero-order valence-electron chi connectivity index (χ0n) is 18.4. The zero-order valence-corrected chi connectivity index (χ0v) is 20.8. The number of hydrogen-bond donors (Lipinski definition) is 0. The summed E-state index contributed by atoms with van der Waals surface area (Å²) in [5, 5.41) is 1.35. The van der Waals surface area contributed by atoms with Crippen LogP contribution in [0.2, 0.25) is 0 Å². The summed E-state index contributed by atoms with van der Waals surface area (Å²) >= 11 is 3.37. The lowest BCUT2D eigenvalue weighted by Crippen LogP contribution is -2.13. The quantitative estimate of drug-likeness (QED) is 0.271. The van der Waals surface area contributed by atoms with Crippen molar-refractivity contribution in [1.82, 2.24) is 13.9 Å². The lowest BCUT2D eigenvalue weighted by atomic mass is 10.1. The Morgan fingerprint density at radius 2 is 1.74 bits per heavy atom. The Morgan fingerprint density at radius 1 is 0.941 bits per heavy atom. The van der Waals surface area contributed by atoms with E-state index in [4.69, 9.17) is 9.47 Å². The molecule has 2 aromatic carbocycles. The van der Waals surface area contributed by atoms with Crippen LogP contribution in [0, 0.1) is 6.92 Å². The third-order valence-corrected chi connectivity index (χ3v) is 7.68. The highest BCUT2D eigenvalue weighted by atomic mass is 79.9. The van der Waals surface area contributed by atoms with Crippen LogP contribution in [-0.2, 0) is 21.4 Å². The number of ether oxygens (including phenoxy) is 2. The van der Waals surface area contributed by atoms with E-state index in [2.05, 4.69) is 25.9 Å². The molecule has 3 aromatic heterocycles. The molecule has 0 amide bonds. The monoisotopic (exact) mass is 537 g/mol. The second kappa shape index (κ2) is 8.83. The third-order valence-electron chi connectivity index (χ3n) is 5.47. The largest absolute Gasteiger partial charge is 0.438 e. The number of benzene rings is 2. The fourth-order valence-electron chi connectivity index (χ4n) is 3.96.